The molecule has 15 heavy (non-hydrogen) atoms. The lowest BCUT2D eigenvalue weighted by Crippen LogP contribution is -2.11. The first-order valence-corrected chi connectivity index (χ1v) is 4.40. The number of aryl methyl sites for hydroxylation is 1. The van der Waals surface area contributed by atoms with Crippen molar-refractivity contribution in [3.05, 3.63) is 36.5 Å². The smallest absolute Gasteiger partial charge is 0.250 e. The molecular weight excluding hydrogens is 192 g/mol. The molecule has 0 atom stereocenters. The maximum Gasteiger partial charge on any atom is 0.250 e. The van der Waals surface area contributed by atoms with Crippen LogP contribution in [0.5, 0.6) is 0 Å². The van der Waals surface area contributed by atoms with Gasteiger partial charge in [0.15, 0.2) is 0 Å². The molecule has 0 aromatic carbocycles. The molecule has 0 fully saturated rings. The van der Waals surface area contributed by atoms with Gasteiger partial charge in [-0.1, -0.05) is 0 Å². The van der Waals surface area contributed by atoms with E-state index in [1.165, 1.54) is 6.20 Å². The molecule has 0 aliphatic heterocycles. The Morgan fingerprint density at radius 1 is 1.47 bits per heavy atom. The summed E-state index contributed by atoms with van der Waals surface area (Å²) in [5, 5.41) is 0. The highest BCUT2D eigenvalue weighted by atomic mass is 16.1. The van der Waals surface area contributed by atoms with Crippen molar-refractivity contribution >= 4 is 5.91 Å². The molecule has 0 saturated heterocycles. The fourth-order valence-electron chi connectivity index (χ4n) is 1.28. The Morgan fingerprint density at radius 2 is 2.27 bits per heavy atom. The van der Waals surface area contributed by atoms with E-state index in [0.717, 1.165) is 11.3 Å². The van der Waals surface area contributed by atoms with E-state index < -0.39 is 5.91 Å². The standard InChI is InChI=1S/C10H10N4O/c1-14-5-9(13-6-14)7-2-8(10(11)15)4-12-3-7/h2-6H,1H3,(H2,11,15). The van der Waals surface area contributed by atoms with Crippen molar-refractivity contribution in [3.8, 4) is 11.3 Å². The van der Waals surface area contributed by atoms with E-state index in [-0.39, 0.29) is 0 Å². The zero-order chi connectivity index (χ0) is 10.8. The highest BCUT2D eigenvalue weighted by molar-refractivity contribution is 5.93. The summed E-state index contributed by atoms with van der Waals surface area (Å²) < 4.78 is 1.83. The lowest BCUT2D eigenvalue weighted by atomic mass is 10.1. The summed E-state index contributed by atoms with van der Waals surface area (Å²) in [7, 11) is 1.88. The quantitative estimate of drug-likeness (QED) is 0.774. The van der Waals surface area contributed by atoms with Gasteiger partial charge in [-0.3, -0.25) is 9.78 Å². The summed E-state index contributed by atoms with van der Waals surface area (Å²) in [5.74, 6) is -0.486. The van der Waals surface area contributed by atoms with Crippen LogP contribution in [-0.2, 0) is 7.05 Å². The van der Waals surface area contributed by atoms with Gasteiger partial charge in [0.25, 0.3) is 0 Å². The van der Waals surface area contributed by atoms with Crippen LogP contribution >= 0.6 is 0 Å². The highest BCUT2D eigenvalue weighted by Crippen LogP contribution is 2.16. The minimum absolute atomic E-state index is 0.387. The van der Waals surface area contributed by atoms with Gasteiger partial charge in [-0.15, -0.1) is 0 Å². The largest absolute Gasteiger partial charge is 0.366 e. The number of imidazole rings is 1. The molecule has 0 unspecified atom stereocenters. The fraction of sp³-hybridized carbons (Fsp3) is 0.100. The van der Waals surface area contributed by atoms with Crippen LogP contribution in [0.3, 0.4) is 0 Å². The molecule has 0 bridgehead atoms. The average Bonchev–Trinajstić information content (AvgIpc) is 2.65. The number of pyridine rings is 1. The number of nitrogens with zero attached hydrogens (tertiary/aromatic N) is 3. The number of carbonyl (C=O) groups is 1. The van der Waals surface area contributed by atoms with Crippen LogP contribution in [0.2, 0.25) is 0 Å². The number of aromatic nitrogens is 3. The number of primary amides is 1. The summed E-state index contributed by atoms with van der Waals surface area (Å²) in [5.41, 5.74) is 7.10. The average molecular weight is 202 g/mol. The normalized spacial score (nSPS) is 10.2. The first-order chi connectivity index (χ1) is 7.16. The highest BCUT2D eigenvalue weighted by Gasteiger charge is 2.05. The molecule has 2 aromatic heterocycles. The second kappa shape index (κ2) is 3.53. The van der Waals surface area contributed by atoms with Crippen LogP contribution in [0.15, 0.2) is 31.0 Å². The van der Waals surface area contributed by atoms with Crippen LogP contribution in [0.4, 0.5) is 0 Å². The monoisotopic (exact) mass is 202 g/mol. The summed E-state index contributed by atoms with van der Waals surface area (Å²) in [4.78, 5) is 19.0. The SMILES string of the molecule is Cn1cnc(-c2cncc(C(N)=O)c2)c1. The Morgan fingerprint density at radius 3 is 2.87 bits per heavy atom. The number of hydrogen-bond donors (Lipinski definition) is 1. The zero-order valence-electron chi connectivity index (χ0n) is 8.21. The van der Waals surface area contributed by atoms with Gasteiger partial charge in [0.1, 0.15) is 0 Å². The predicted octanol–water partition coefficient (Wildman–Crippen LogP) is 0.581. The summed E-state index contributed by atoms with van der Waals surface area (Å²) in [6.45, 7) is 0. The Kier molecular flexibility index (Phi) is 2.21. The maximum atomic E-state index is 10.9. The van der Waals surface area contributed by atoms with Gasteiger partial charge in [-0.2, -0.15) is 0 Å². The molecule has 76 valence electrons. The second-order valence-corrected chi connectivity index (χ2v) is 3.25. The molecular formula is C10H10N4O. The number of carbonyl (C=O) groups excluding carboxylic acids is 1. The zero-order valence-corrected chi connectivity index (χ0v) is 8.21. The van der Waals surface area contributed by atoms with Crippen molar-refractivity contribution in [2.45, 2.75) is 0 Å². The van der Waals surface area contributed by atoms with Crippen molar-refractivity contribution in [2.24, 2.45) is 12.8 Å². The Labute approximate surface area is 86.6 Å². The van der Waals surface area contributed by atoms with Gasteiger partial charge in [-0.25, -0.2) is 4.98 Å². The lowest BCUT2D eigenvalue weighted by Gasteiger charge is -1.98. The maximum absolute atomic E-state index is 10.9. The third-order valence-corrected chi connectivity index (χ3v) is 2.02. The third kappa shape index (κ3) is 1.85. The Hall–Kier alpha value is -2.17. The number of amides is 1. The Balaban J connectivity index is 2.45. The van der Waals surface area contributed by atoms with Crippen LogP contribution in [-0.4, -0.2) is 20.4 Å². The number of rotatable bonds is 2. The molecule has 0 aliphatic carbocycles. The Bertz CT molecular complexity index is 504. The molecule has 2 rings (SSSR count). The number of nitrogens with two attached hydrogens (primary N) is 1. The predicted molar refractivity (Wildman–Crippen MR) is 55.0 cm³/mol. The van der Waals surface area contributed by atoms with Crippen molar-refractivity contribution in [1.82, 2.24) is 14.5 Å². The van der Waals surface area contributed by atoms with E-state index >= 15 is 0 Å². The van der Waals surface area contributed by atoms with E-state index in [9.17, 15) is 4.79 Å². The van der Waals surface area contributed by atoms with E-state index in [4.69, 9.17) is 5.73 Å². The molecule has 2 heterocycles. The topological polar surface area (TPSA) is 73.8 Å². The first kappa shape index (κ1) is 9.39. The van der Waals surface area contributed by atoms with Crippen LogP contribution in [0, 0.1) is 0 Å². The van der Waals surface area contributed by atoms with Crippen molar-refractivity contribution in [1.29, 1.82) is 0 Å². The van der Waals surface area contributed by atoms with Crippen LogP contribution in [0.1, 0.15) is 10.4 Å². The van der Waals surface area contributed by atoms with Crippen molar-refractivity contribution < 1.29 is 4.79 Å². The van der Waals surface area contributed by atoms with Gasteiger partial charge >= 0.3 is 0 Å². The molecule has 0 spiro atoms. The van der Waals surface area contributed by atoms with Gasteiger partial charge in [-0.05, 0) is 6.07 Å². The van der Waals surface area contributed by atoms with Crippen molar-refractivity contribution in [3.63, 3.8) is 0 Å². The van der Waals surface area contributed by atoms with E-state index in [1.54, 1.807) is 18.6 Å². The third-order valence-electron chi connectivity index (χ3n) is 2.02. The molecule has 1 amide bonds. The van der Waals surface area contributed by atoms with E-state index in [0.29, 0.717) is 5.56 Å². The number of hydrogen-bond acceptors (Lipinski definition) is 3. The minimum atomic E-state index is -0.486. The molecule has 2 aromatic rings. The van der Waals surface area contributed by atoms with Crippen molar-refractivity contribution in [2.75, 3.05) is 0 Å². The summed E-state index contributed by atoms with van der Waals surface area (Å²) in [6.07, 6.45) is 6.62. The van der Waals surface area contributed by atoms with Gasteiger partial charge < -0.3 is 10.3 Å². The molecule has 0 radical (unpaired) electrons. The second-order valence-electron chi connectivity index (χ2n) is 3.25. The molecule has 0 aliphatic rings. The van der Waals surface area contributed by atoms with E-state index in [2.05, 4.69) is 9.97 Å². The van der Waals surface area contributed by atoms with Crippen LogP contribution in [0.25, 0.3) is 11.3 Å². The fourth-order valence-corrected chi connectivity index (χ4v) is 1.28. The van der Waals surface area contributed by atoms with Crippen LogP contribution < -0.4 is 5.73 Å². The molecule has 5 nitrogen and oxygen atoms in total. The first-order valence-electron chi connectivity index (χ1n) is 4.40. The summed E-state index contributed by atoms with van der Waals surface area (Å²) in [6, 6.07) is 1.68. The summed E-state index contributed by atoms with van der Waals surface area (Å²) >= 11 is 0. The molecule has 5 heteroatoms. The van der Waals surface area contributed by atoms with Gasteiger partial charge in [0.05, 0.1) is 17.6 Å². The molecule has 0 saturated carbocycles. The van der Waals surface area contributed by atoms with Gasteiger partial charge in [0, 0.05) is 31.2 Å². The minimum Gasteiger partial charge on any atom is -0.366 e. The molecule has 2 N–H and O–H groups in total. The van der Waals surface area contributed by atoms with Gasteiger partial charge in [0.2, 0.25) is 5.91 Å². The lowest BCUT2D eigenvalue weighted by molar-refractivity contribution is 0.1000. The van der Waals surface area contributed by atoms with E-state index in [1.807, 2.05) is 17.8 Å².